The molecule has 2 heterocycles. The number of pyridine rings is 1. The molecule has 0 aromatic carbocycles. The normalized spacial score (nSPS) is 10.8. The molecule has 0 bridgehead atoms. The Kier molecular flexibility index (Phi) is 2.27. The first kappa shape index (κ1) is 8.26. The first-order chi connectivity index (χ1) is 6.42. The summed E-state index contributed by atoms with van der Waals surface area (Å²) in [5.74, 6) is 0. The average molecular weight is 175 g/mol. The van der Waals surface area contributed by atoms with Crippen molar-refractivity contribution in [3.8, 4) is 0 Å². The number of hydrogen-bond acceptors (Lipinski definition) is 2. The van der Waals surface area contributed by atoms with Crippen molar-refractivity contribution in [3.05, 3.63) is 36.4 Å². The summed E-state index contributed by atoms with van der Waals surface area (Å²) in [6.07, 6.45) is 3.86. The van der Waals surface area contributed by atoms with Gasteiger partial charge in [-0.25, -0.2) is 4.98 Å². The van der Waals surface area contributed by atoms with Gasteiger partial charge in [-0.3, -0.25) is 0 Å². The van der Waals surface area contributed by atoms with E-state index < -0.39 is 0 Å². The molecular weight excluding hydrogens is 162 g/mol. The number of imidazole rings is 1. The molecule has 0 spiro atoms. The van der Waals surface area contributed by atoms with Gasteiger partial charge in [-0.1, -0.05) is 13.0 Å². The second-order valence-corrected chi connectivity index (χ2v) is 2.96. The van der Waals surface area contributed by atoms with Crippen molar-refractivity contribution >= 4 is 5.52 Å². The zero-order chi connectivity index (χ0) is 9.10. The molecule has 3 nitrogen and oxygen atoms in total. The molecule has 0 atom stereocenters. The zero-order valence-electron chi connectivity index (χ0n) is 7.70. The Hall–Kier alpha value is -1.35. The molecule has 68 valence electrons. The monoisotopic (exact) mass is 175 g/mol. The predicted molar refractivity (Wildman–Crippen MR) is 52.6 cm³/mol. The third-order valence-corrected chi connectivity index (χ3v) is 2.07. The van der Waals surface area contributed by atoms with E-state index in [0.717, 1.165) is 18.8 Å². The van der Waals surface area contributed by atoms with Crippen molar-refractivity contribution in [2.45, 2.75) is 13.5 Å². The van der Waals surface area contributed by atoms with Crippen molar-refractivity contribution < 1.29 is 0 Å². The zero-order valence-corrected chi connectivity index (χ0v) is 7.70. The number of aromatic nitrogens is 2. The van der Waals surface area contributed by atoms with Crippen molar-refractivity contribution in [2.75, 3.05) is 6.54 Å². The molecule has 0 aliphatic rings. The minimum Gasteiger partial charge on any atom is -0.311 e. The van der Waals surface area contributed by atoms with Gasteiger partial charge in [0.25, 0.3) is 0 Å². The van der Waals surface area contributed by atoms with Crippen LogP contribution in [0, 0.1) is 0 Å². The second kappa shape index (κ2) is 3.58. The van der Waals surface area contributed by atoms with Crippen LogP contribution in [0.2, 0.25) is 0 Å². The number of rotatable bonds is 3. The summed E-state index contributed by atoms with van der Waals surface area (Å²) in [4.78, 5) is 4.33. The van der Waals surface area contributed by atoms with Gasteiger partial charge in [-0.05, 0) is 18.7 Å². The Morgan fingerprint density at radius 2 is 2.38 bits per heavy atom. The third kappa shape index (κ3) is 1.55. The minimum absolute atomic E-state index is 0.844. The van der Waals surface area contributed by atoms with Gasteiger partial charge < -0.3 is 9.72 Å². The second-order valence-electron chi connectivity index (χ2n) is 2.96. The van der Waals surface area contributed by atoms with Gasteiger partial charge in [0, 0.05) is 12.7 Å². The lowest BCUT2D eigenvalue weighted by Gasteiger charge is -1.98. The summed E-state index contributed by atoms with van der Waals surface area (Å²) in [7, 11) is 0. The summed E-state index contributed by atoms with van der Waals surface area (Å²) in [5, 5.41) is 3.27. The first-order valence-electron chi connectivity index (χ1n) is 4.53. The largest absolute Gasteiger partial charge is 0.311 e. The van der Waals surface area contributed by atoms with Crippen LogP contribution in [-0.2, 0) is 6.54 Å². The van der Waals surface area contributed by atoms with Crippen molar-refractivity contribution in [2.24, 2.45) is 0 Å². The van der Waals surface area contributed by atoms with Gasteiger partial charge in [0.2, 0.25) is 0 Å². The molecular formula is C10H13N3. The van der Waals surface area contributed by atoms with Crippen LogP contribution in [0.15, 0.2) is 30.7 Å². The fraction of sp³-hybridized carbons (Fsp3) is 0.300. The van der Waals surface area contributed by atoms with Gasteiger partial charge in [0.1, 0.15) is 0 Å². The Morgan fingerprint density at radius 1 is 1.46 bits per heavy atom. The van der Waals surface area contributed by atoms with E-state index in [1.807, 2.05) is 29.1 Å². The van der Waals surface area contributed by atoms with Gasteiger partial charge >= 0.3 is 0 Å². The summed E-state index contributed by atoms with van der Waals surface area (Å²) in [6.45, 7) is 3.92. The van der Waals surface area contributed by atoms with Crippen LogP contribution in [0.1, 0.15) is 12.6 Å². The Balaban J connectivity index is 2.35. The lowest BCUT2D eigenvalue weighted by atomic mass is 10.3. The molecule has 0 amide bonds. The molecule has 0 aliphatic carbocycles. The van der Waals surface area contributed by atoms with Crippen LogP contribution in [0.5, 0.6) is 0 Å². The van der Waals surface area contributed by atoms with E-state index in [1.165, 1.54) is 5.52 Å². The molecule has 0 saturated heterocycles. The van der Waals surface area contributed by atoms with E-state index in [9.17, 15) is 0 Å². The molecule has 2 aromatic rings. The van der Waals surface area contributed by atoms with Crippen molar-refractivity contribution in [3.63, 3.8) is 0 Å². The third-order valence-electron chi connectivity index (χ3n) is 2.07. The molecule has 0 radical (unpaired) electrons. The van der Waals surface area contributed by atoms with Gasteiger partial charge in [0.15, 0.2) is 0 Å². The summed E-state index contributed by atoms with van der Waals surface area (Å²) in [6, 6.07) is 6.12. The standard InChI is InChI=1S/C10H13N3/c1-2-11-7-9-10-5-3-4-6-13(10)8-12-9/h3-6,8,11H,2,7H2,1H3. The highest BCUT2D eigenvalue weighted by atomic mass is 15.0. The number of nitrogens with one attached hydrogen (secondary N) is 1. The molecule has 0 saturated carbocycles. The minimum atomic E-state index is 0.844. The maximum Gasteiger partial charge on any atom is 0.0996 e. The summed E-state index contributed by atoms with van der Waals surface area (Å²) >= 11 is 0. The Bertz CT molecular complexity index is 392. The van der Waals surface area contributed by atoms with E-state index in [4.69, 9.17) is 0 Å². The van der Waals surface area contributed by atoms with Gasteiger partial charge in [-0.2, -0.15) is 0 Å². The molecule has 2 rings (SSSR count). The maximum absolute atomic E-state index is 4.33. The molecule has 13 heavy (non-hydrogen) atoms. The molecule has 0 fully saturated rings. The van der Waals surface area contributed by atoms with Crippen LogP contribution in [0.4, 0.5) is 0 Å². The van der Waals surface area contributed by atoms with E-state index in [2.05, 4.69) is 23.3 Å². The van der Waals surface area contributed by atoms with E-state index in [1.54, 1.807) is 0 Å². The van der Waals surface area contributed by atoms with Crippen LogP contribution in [0.3, 0.4) is 0 Å². The molecule has 3 heteroatoms. The SMILES string of the molecule is CCNCc1ncn2ccccc12. The highest BCUT2D eigenvalue weighted by molar-refractivity contribution is 5.51. The highest BCUT2D eigenvalue weighted by Gasteiger charge is 2.00. The first-order valence-corrected chi connectivity index (χ1v) is 4.53. The topological polar surface area (TPSA) is 29.3 Å². The van der Waals surface area contributed by atoms with Gasteiger partial charge in [-0.15, -0.1) is 0 Å². The van der Waals surface area contributed by atoms with E-state index >= 15 is 0 Å². The van der Waals surface area contributed by atoms with Crippen LogP contribution < -0.4 is 5.32 Å². The maximum atomic E-state index is 4.33. The molecule has 0 unspecified atom stereocenters. The Labute approximate surface area is 77.4 Å². The molecule has 0 aliphatic heterocycles. The lowest BCUT2D eigenvalue weighted by molar-refractivity contribution is 0.717. The summed E-state index contributed by atoms with van der Waals surface area (Å²) < 4.78 is 2.03. The van der Waals surface area contributed by atoms with Gasteiger partial charge in [0.05, 0.1) is 17.5 Å². The molecule has 1 N–H and O–H groups in total. The summed E-state index contributed by atoms with van der Waals surface area (Å²) in [5.41, 5.74) is 2.30. The van der Waals surface area contributed by atoms with Crippen LogP contribution >= 0.6 is 0 Å². The lowest BCUT2D eigenvalue weighted by Crippen LogP contribution is -2.12. The number of nitrogens with zero attached hydrogens (tertiary/aromatic N) is 2. The highest BCUT2D eigenvalue weighted by Crippen LogP contribution is 2.07. The average Bonchev–Trinajstić information content (AvgIpc) is 2.58. The number of hydrogen-bond donors (Lipinski definition) is 1. The quantitative estimate of drug-likeness (QED) is 0.765. The van der Waals surface area contributed by atoms with E-state index in [-0.39, 0.29) is 0 Å². The van der Waals surface area contributed by atoms with Crippen LogP contribution in [0.25, 0.3) is 5.52 Å². The predicted octanol–water partition coefficient (Wildman–Crippen LogP) is 1.44. The van der Waals surface area contributed by atoms with Crippen molar-refractivity contribution in [1.29, 1.82) is 0 Å². The Morgan fingerprint density at radius 3 is 3.23 bits per heavy atom. The van der Waals surface area contributed by atoms with Crippen molar-refractivity contribution in [1.82, 2.24) is 14.7 Å². The number of fused-ring (bicyclic) bond motifs is 1. The van der Waals surface area contributed by atoms with E-state index in [0.29, 0.717) is 0 Å². The van der Waals surface area contributed by atoms with Crippen LogP contribution in [-0.4, -0.2) is 15.9 Å². The molecule has 2 aromatic heterocycles. The fourth-order valence-electron chi connectivity index (χ4n) is 1.38. The smallest absolute Gasteiger partial charge is 0.0996 e. The fourth-order valence-corrected chi connectivity index (χ4v) is 1.38.